The molecular formula is C13H15F3N3O2+. The molecule has 2 amide bonds. The van der Waals surface area contributed by atoms with Crippen LogP contribution < -0.4 is 15.5 Å². The maximum absolute atomic E-state index is 13.5. The third-order valence-electron chi connectivity index (χ3n) is 3.45. The third-order valence-corrected chi connectivity index (χ3v) is 3.45. The van der Waals surface area contributed by atoms with Gasteiger partial charge in [0.1, 0.15) is 0 Å². The second-order valence-corrected chi connectivity index (χ2v) is 4.87. The lowest BCUT2D eigenvalue weighted by atomic mass is 10.2. The van der Waals surface area contributed by atoms with E-state index in [1.807, 2.05) is 0 Å². The summed E-state index contributed by atoms with van der Waals surface area (Å²) in [6.45, 7) is 2.72. The number of nitrogens with one attached hydrogen (secondary N) is 3. The van der Waals surface area contributed by atoms with Crippen LogP contribution in [-0.4, -0.2) is 37.5 Å². The molecule has 0 spiro atoms. The average molecular weight is 302 g/mol. The first-order valence-corrected chi connectivity index (χ1v) is 6.45. The summed E-state index contributed by atoms with van der Waals surface area (Å²) in [5, 5.41) is 4.85. The van der Waals surface area contributed by atoms with E-state index < -0.39 is 35.1 Å². The Labute approximate surface area is 119 Å². The van der Waals surface area contributed by atoms with Crippen LogP contribution in [0.3, 0.4) is 0 Å². The molecule has 1 fully saturated rings. The minimum absolute atomic E-state index is 0.134. The lowest BCUT2D eigenvalue weighted by Gasteiger charge is -2.28. The Morgan fingerprint density at radius 2 is 2.05 bits per heavy atom. The SMILES string of the molecule is C[C@H](C(=O)Nc1ccc(F)c(F)c1F)[NH+]1CCNC(=O)C1. The van der Waals surface area contributed by atoms with Crippen LogP contribution in [0.15, 0.2) is 12.1 Å². The molecule has 1 unspecified atom stereocenters. The Balaban J connectivity index is 2.07. The molecule has 1 aromatic rings. The van der Waals surface area contributed by atoms with Gasteiger partial charge in [0.25, 0.3) is 11.8 Å². The fourth-order valence-corrected chi connectivity index (χ4v) is 2.14. The van der Waals surface area contributed by atoms with Crippen LogP contribution in [0.1, 0.15) is 6.92 Å². The molecular weight excluding hydrogens is 287 g/mol. The van der Waals surface area contributed by atoms with E-state index in [0.29, 0.717) is 13.1 Å². The molecule has 2 atom stereocenters. The second-order valence-electron chi connectivity index (χ2n) is 4.87. The van der Waals surface area contributed by atoms with E-state index in [0.717, 1.165) is 17.0 Å². The van der Waals surface area contributed by atoms with Gasteiger partial charge in [-0.25, -0.2) is 13.2 Å². The van der Waals surface area contributed by atoms with E-state index in [2.05, 4.69) is 10.6 Å². The predicted octanol–water partition coefficient (Wildman–Crippen LogP) is -0.554. The van der Waals surface area contributed by atoms with Gasteiger partial charge in [0, 0.05) is 0 Å². The van der Waals surface area contributed by atoms with Crippen molar-refractivity contribution >= 4 is 17.5 Å². The van der Waals surface area contributed by atoms with Gasteiger partial charge < -0.3 is 15.5 Å². The van der Waals surface area contributed by atoms with Gasteiger partial charge in [0.15, 0.2) is 30.0 Å². The van der Waals surface area contributed by atoms with Crippen molar-refractivity contribution in [1.82, 2.24) is 5.32 Å². The van der Waals surface area contributed by atoms with Crippen LogP contribution in [0.5, 0.6) is 0 Å². The number of carbonyl (C=O) groups excluding carboxylic acids is 2. The number of amides is 2. The van der Waals surface area contributed by atoms with Gasteiger partial charge in [-0.15, -0.1) is 0 Å². The fraction of sp³-hybridized carbons (Fsp3) is 0.385. The molecule has 3 N–H and O–H groups in total. The van der Waals surface area contributed by atoms with Crippen LogP contribution in [0.25, 0.3) is 0 Å². The van der Waals surface area contributed by atoms with Crippen molar-refractivity contribution in [3.05, 3.63) is 29.6 Å². The number of halogens is 3. The lowest BCUT2D eigenvalue weighted by Crippen LogP contribution is -3.19. The summed E-state index contributed by atoms with van der Waals surface area (Å²) in [5.41, 5.74) is -0.424. The van der Waals surface area contributed by atoms with E-state index in [1.54, 1.807) is 6.92 Å². The molecule has 114 valence electrons. The van der Waals surface area contributed by atoms with Crippen molar-refractivity contribution in [2.24, 2.45) is 0 Å². The van der Waals surface area contributed by atoms with E-state index in [4.69, 9.17) is 0 Å². The number of benzene rings is 1. The Bertz CT molecular complexity index is 580. The van der Waals surface area contributed by atoms with Crippen molar-refractivity contribution in [2.45, 2.75) is 13.0 Å². The zero-order valence-corrected chi connectivity index (χ0v) is 11.3. The number of rotatable bonds is 3. The van der Waals surface area contributed by atoms with Crippen molar-refractivity contribution in [2.75, 3.05) is 25.0 Å². The van der Waals surface area contributed by atoms with E-state index >= 15 is 0 Å². The minimum Gasteiger partial charge on any atom is -0.346 e. The van der Waals surface area contributed by atoms with E-state index in [-0.39, 0.29) is 12.5 Å². The Kier molecular flexibility index (Phi) is 4.46. The summed E-state index contributed by atoms with van der Waals surface area (Å²) in [6.07, 6.45) is 0. The smallest absolute Gasteiger partial charge is 0.282 e. The minimum atomic E-state index is -1.63. The topological polar surface area (TPSA) is 62.6 Å². The van der Waals surface area contributed by atoms with Crippen LogP contribution in [0, 0.1) is 17.5 Å². The third kappa shape index (κ3) is 3.33. The number of piperazine rings is 1. The Morgan fingerprint density at radius 3 is 2.71 bits per heavy atom. The largest absolute Gasteiger partial charge is 0.346 e. The highest BCUT2D eigenvalue weighted by atomic mass is 19.2. The predicted molar refractivity (Wildman–Crippen MR) is 68.1 cm³/mol. The van der Waals surface area contributed by atoms with Crippen LogP contribution in [0.2, 0.25) is 0 Å². The molecule has 1 heterocycles. The highest BCUT2D eigenvalue weighted by molar-refractivity contribution is 5.94. The fourth-order valence-electron chi connectivity index (χ4n) is 2.14. The number of quaternary nitrogens is 1. The monoisotopic (exact) mass is 302 g/mol. The average Bonchev–Trinajstić information content (AvgIpc) is 2.47. The Morgan fingerprint density at radius 1 is 1.33 bits per heavy atom. The molecule has 0 radical (unpaired) electrons. The highest BCUT2D eigenvalue weighted by Gasteiger charge is 2.30. The van der Waals surface area contributed by atoms with Crippen LogP contribution in [-0.2, 0) is 9.59 Å². The number of hydrogen-bond donors (Lipinski definition) is 3. The number of anilines is 1. The van der Waals surface area contributed by atoms with Crippen molar-refractivity contribution < 1.29 is 27.7 Å². The standard InChI is InChI=1S/C13H14F3N3O2/c1-7(19-5-4-17-10(20)6-19)13(21)18-9-3-2-8(14)11(15)12(9)16/h2-3,7H,4-6H2,1H3,(H,17,20)(H,18,21)/p+1/t7-/m1/s1. The molecule has 1 aromatic carbocycles. The summed E-state index contributed by atoms with van der Waals surface area (Å²) in [5.74, 6) is -5.14. The zero-order valence-electron chi connectivity index (χ0n) is 11.3. The summed E-state index contributed by atoms with van der Waals surface area (Å²) >= 11 is 0. The highest BCUT2D eigenvalue weighted by Crippen LogP contribution is 2.19. The molecule has 2 rings (SSSR count). The summed E-state index contributed by atoms with van der Waals surface area (Å²) in [4.78, 5) is 24.0. The van der Waals surface area contributed by atoms with Gasteiger partial charge in [-0.3, -0.25) is 9.59 Å². The van der Waals surface area contributed by atoms with Crippen LogP contribution in [0.4, 0.5) is 18.9 Å². The number of carbonyl (C=O) groups is 2. The second kappa shape index (κ2) is 6.13. The lowest BCUT2D eigenvalue weighted by molar-refractivity contribution is -0.907. The van der Waals surface area contributed by atoms with Crippen LogP contribution >= 0.6 is 0 Å². The van der Waals surface area contributed by atoms with Gasteiger partial charge in [0.2, 0.25) is 0 Å². The van der Waals surface area contributed by atoms with Gasteiger partial charge in [0.05, 0.1) is 18.8 Å². The van der Waals surface area contributed by atoms with E-state index in [9.17, 15) is 22.8 Å². The van der Waals surface area contributed by atoms with Crippen molar-refractivity contribution in [3.8, 4) is 0 Å². The Hall–Kier alpha value is -2.09. The van der Waals surface area contributed by atoms with Gasteiger partial charge >= 0.3 is 0 Å². The summed E-state index contributed by atoms with van der Waals surface area (Å²) in [7, 11) is 0. The summed E-state index contributed by atoms with van der Waals surface area (Å²) < 4.78 is 39.4. The molecule has 1 saturated heterocycles. The normalized spacial score (nSPS) is 19.8. The van der Waals surface area contributed by atoms with Crippen molar-refractivity contribution in [3.63, 3.8) is 0 Å². The molecule has 1 aliphatic heterocycles. The van der Waals surface area contributed by atoms with Crippen molar-refractivity contribution in [1.29, 1.82) is 0 Å². The quantitative estimate of drug-likeness (QED) is 0.656. The van der Waals surface area contributed by atoms with Gasteiger partial charge in [-0.05, 0) is 19.1 Å². The van der Waals surface area contributed by atoms with E-state index in [1.165, 1.54) is 0 Å². The number of hydrogen-bond acceptors (Lipinski definition) is 2. The first-order chi connectivity index (χ1) is 9.90. The van der Waals surface area contributed by atoms with Gasteiger partial charge in [-0.1, -0.05) is 0 Å². The molecule has 21 heavy (non-hydrogen) atoms. The maximum Gasteiger partial charge on any atom is 0.282 e. The molecule has 0 aliphatic carbocycles. The molecule has 1 aliphatic rings. The molecule has 0 bridgehead atoms. The molecule has 0 aromatic heterocycles. The molecule has 8 heteroatoms. The molecule has 0 saturated carbocycles. The zero-order chi connectivity index (χ0) is 15.6. The summed E-state index contributed by atoms with van der Waals surface area (Å²) in [6, 6.07) is 1.07. The van der Waals surface area contributed by atoms with Gasteiger partial charge in [-0.2, -0.15) is 0 Å². The maximum atomic E-state index is 13.5. The first kappa shape index (κ1) is 15.3. The first-order valence-electron chi connectivity index (χ1n) is 6.45. The molecule has 5 nitrogen and oxygen atoms in total.